The molecule has 0 saturated heterocycles. The van der Waals surface area contributed by atoms with Crippen LogP contribution >= 0.6 is 11.3 Å². The van der Waals surface area contributed by atoms with Crippen molar-refractivity contribution in [3.05, 3.63) is 41.2 Å². The van der Waals surface area contributed by atoms with Gasteiger partial charge in [0.15, 0.2) is 5.13 Å². The van der Waals surface area contributed by atoms with Crippen LogP contribution in [0.2, 0.25) is 0 Å². The first-order valence-corrected chi connectivity index (χ1v) is 7.90. The van der Waals surface area contributed by atoms with Crippen molar-refractivity contribution < 1.29 is 0 Å². The second-order valence-corrected chi connectivity index (χ2v) is 5.73. The fourth-order valence-electron chi connectivity index (χ4n) is 2.01. The van der Waals surface area contributed by atoms with E-state index in [2.05, 4.69) is 41.0 Å². The van der Waals surface area contributed by atoms with Crippen LogP contribution in [-0.4, -0.2) is 23.1 Å². The third kappa shape index (κ3) is 3.77. The fourth-order valence-corrected chi connectivity index (χ4v) is 3.00. The van der Waals surface area contributed by atoms with Crippen molar-refractivity contribution in [1.29, 1.82) is 0 Å². The van der Waals surface area contributed by atoms with Crippen LogP contribution < -0.4 is 10.2 Å². The van der Waals surface area contributed by atoms with Gasteiger partial charge in [0.2, 0.25) is 0 Å². The summed E-state index contributed by atoms with van der Waals surface area (Å²) in [6.45, 7) is 9.28. The lowest BCUT2D eigenvalue weighted by atomic mass is 10.2. The zero-order chi connectivity index (χ0) is 14.4. The lowest BCUT2D eigenvalue weighted by molar-refractivity contribution is 0.565. The second-order valence-electron chi connectivity index (χ2n) is 4.64. The average Bonchev–Trinajstić information content (AvgIpc) is 2.96. The molecule has 0 unspecified atom stereocenters. The molecule has 4 nitrogen and oxygen atoms in total. The Labute approximate surface area is 124 Å². The van der Waals surface area contributed by atoms with Gasteiger partial charge in [0, 0.05) is 42.9 Å². The van der Waals surface area contributed by atoms with E-state index in [9.17, 15) is 0 Å². The smallest absolute Gasteiger partial charge is 0.185 e. The molecule has 0 bridgehead atoms. The molecule has 0 saturated carbocycles. The average molecular weight is 290 g/mol. The highest BCUT2D eigenvalue weighted by Gasteiger charge is 2.09. The molecule has 0 aliphatic carbocycles. The maximum absolute atomic E-state index is 4.50. The van der Waals surface area contributed by atoms with E-state index in [-0.39, 0.29) is 6.04 Å². The molecule has 0 spiro atoms. The number of nitrogens with one attached hydrogen (secondary N) is 1. The normalized spacial score (nSPS) is 12.3. The Bertz CT molecular complexity index is 508. The lowest BCUT2D eigenvalue weighted by Gasteiger charge is -2.16. The van der Waals surface area contributed by atoms with Crippen molar-refractivity contribution in [2.45, 2.75) is 33.4 Å². The second kappa shape index (κ2) is 7.36. The first kappa shape index (κ1) is 14.9. The van der Waals surface area contributed by atoms with E-state index in [4.69, 9.17) is 0 Å². The van der Waals surface area contributed by atoms with Gasteiger partial charge in [-0.05, 0) is 32.9 Å². The van der Waals surface area contributed by atoms with Gasteiger partial charge in [-0.15, -0.1) is 11.3 Å². The number of anilines is 1. The van der Waals surface area contributed by atoms with E-state index in [0.717, 1.165) is 30.5 Å². The number of thiazole rings is 1. The van der Waals surface area contributed by atoms with Gasteiger partial charge in [0.25, 0.3) is 0 Å². The monoisotopic (exact) mass is 290 g/mol. The molecule has 0 aliphatic heterocycles. The molecule has 0 aromatic carbocycles. The molecular formula is C15H22N4S. The first-order chi connectivity index (χ1) is 9.74. The van der Waals surface area contributed by atoms with Crippen LogP contribution in [0.5, 0.6) is 0 Å². The summed E-state index contributed by atoms with van der Waals surface area (Å²) in [6.07, 6.45) is 3.80. The zero-order valence-electron chi connectivity index (χ0n) is 12.3. The maximum Gasteiger partial charge on any atom is 0.185 e. The molecule has 2 rings (SSSR count). The molecule has 2 aromatic rings. The van der Waals surface area contributed by atoms with Gasteiger partial charge < -0.3 is 10.2 Å². The van der Waals surface area contributed by atoms with E-state index in [1.807, 2.05) is 30.6 Å². The predicted molar refractivity (Wildman–Crippen MR) is 85.2 cm³/mol. The van der Waals surface area contributed by atoms with Gasteiger partial charge in [0.1, 0.15) is 0 Å². The number of hydrogen-bond donors (Lipinski definition) is 1. The van der Waals surface area contributed by atoms with Crippen molar-refractivity contribution in [1.82, 2.24) is 15.3 Å². The van der Waals surface area contributed by atoms with Crippen LogP contribution in [0.15, 0.2) is 30.6 Å². The SMILES string of the molecule is CCN(CC)c1ncc(CN[C@H](C)c2ccccn2)s1. The van der Waals surface area contributed by atoms with Crippen molar-refractivity contribution in [3.8, 4) is 0 Å². The maximum atomic E-state index is 4.50. The quantitative estimate of drug-likeness (QED) is 0.850. The van der Waals surface area contributed by atoms with E-state index >= 15 is 0 Å². The third-order valence-electron chi connectivity index (χ3n) is 3.29. The van der Waals surface area contributed by atoms with Crippen LogP contribution in [0.25, 0.3) is 0 Å². The largest absolute Gasteiger partial charge is 0.349 e. The van der Waals surface area contributed by atoms with Crippen molar-refractivity contribution in [3.63, 3.8) is 0 Å². The molecule has 20 heavy (non-hydrogen) atoms. The standard InChI is InChI=1S/C15H22N4S/c1-4-19(5-2)15-18-11-13(20-15)10-17-12(3)14-8-6-7-9-16-14/h6-9,11-12,17H,4-5,10H2,1-3H3/t12-/m1/s1. The van der Waals surface area contributed by atoms with Gasteiger partial charge in [0.05, 0.1) is 5.69 Å². The summed E-state index contributed by atoms with van der Waals surface area (Å²) in [6, 6.07) is 6.25. The first-order valence-electron chi connectivity index (χ1n) is 7.08. The van der Waals surface area contributed by atoms with Crippen LogP contribution in [-0.2, 0) is 6.54 Å². The van der Waals surface area contributed by atoms with Crippen molar-refractivity contribution >= 4 is 16.5 Å². The molecule has 0 fully saturated rings. The Balaban J connectivity index is 1.91. The van der Waals surface area contributed by atoms with E-state index in [0.29, 0.717) is 0 Å². The summed E-state index contributed by atoms with van der Waals surface area (Å²) < 4.78 is 0. The molecule has 5 heteroatoms. The minimum Gasteiger partial charge on any atom is -0.349 e. The molecule has 0 radical (unpaired) electrons. The summed E-state index contributed by atoms with van der Waals surface area (Å²) in [5, 5.41) is 4.60. The van der Waals surface area contributed by atoms with Crippen LogP contribution in [0.3, 0.4) is 0 Å². The molecule has 0 aliphatic rings. The summed E-state index contributed by atoms with van der Waals surface area (Å²) in [4.78, 5) is 12.4. The van der Waals surface area contributed by atoms with Crippen LogP contribution in [0.1, 0.15) is 37.4 Å². The molecule has 2 aromatic heterocycles. The van der Waals surface area contributed by atoms with Crippen LogP contribution in [0.4, 0.5) is 5.13 Å². The van der Waals surface area contributed by atoms with Gasteiger partial charge >= 0.3 is 0 Å². The zero-order valence-corrected chi connectivity index (χ0v) is 13.2. The Kier molecular flexibility index (Phi) is 5.49. The summed E-state index contributed by atoms with van der Waals surface area (Å²) in [7, 11) is 0. The van der Waals surface area contributed by atoms with Gasteiger partial charge in [-0.3, -0.25) is 4.98 Å². The Morgan fingerprint density at radius 1 is 1.25 bits per heavy atom. The number of pyridine rings is 1. The summed E-state index contributed by atoms with van der Waals surface area (Å²) in [5.74, 6) is 0. The highest BCUT2D eigenvalue weighted by Crippen LogP contribution is 2.22. The number of nitrogens with zero attached hydrogens (tertiary/aromatic N) is 3. The van der Waals surface area contributed by atoms with Crippen molar-refractivity contribution in [2.75, 3.05) is 18.0 Å². The molecule has 1 atom stereocenters. The number of rotatable bonds is 7. The summed E-state index contributed by atoms with van der Waals surface area (Å²) in [5.41, 5.74) is 1.07. The van der Waals surface area contributed by atoms with E-state index < -0.39 is 0 Å². The Morgan fingerprint density at radius 2 is 2.05 bits per heavy atom. The Hall–Kier alpha value is -1.46. The highest BCUT2D eigenvalue weighted by molar-refractivity contribution is 7.15. The van der Waals surface area contributed by atoms with E-state index in [1.165, 1.54) is 4.88 Å². The highest BCUT2D eigenvalue weighted by atomic mass is 32.1. The van der Waals surface area contributed by atoms with Gasteiger partial charge in [-0.2, -0.15) is 0 Å². The summed E-state index contributed by atoms with van der Waals surface area (Å²) >= 11 is 1.76. The van der Waals surface area contributed by atoms with Crippen molar-refractivity contribution in [2.24, 2.45) is 0 Å². The molecule has 1 N–H and O–H groups in total. The molecule has 108 valence electrons. The minimum absolute atomic E-state index is 0.246. The number of hydrogen-bond acceptors (Lipinski definition) is 5. The third-order valence-corrected chi connectivity index (χ3v) is 4.35. The van der Waals surface area contributed by atoms with E-state index in [1.54, 1.807) is 11.3 Å². The molecular weight excluding hydrogens is 268 g/mol. The topological polar surface area (TPSA) is 41.1 Å². The van der Waals surface area contributed by atoms with Crippen LogP contribution in [0, 0.1) is 0 Å². The fraction of sp³-hybridized carbons (Fsp3) is 0.467. The predicted octanol–water partition coefficient (Wildman–Crippen LogP) is 3.24. The van der Waals surface area contributed by atoms with Gasteiger partial charge in [-0.1, -0.05) is 6.07 Å². The molecule has 0 amide bonds. The lowest BCUT2D eigenvalue weighted by Crippen LogP contribution is -2.21. The minimum atomic E-state index is 0.246. The Morgan fingerprint density at radius 3 is 2.70 bits per heavy atom. The van der Waals surface area contributed by atoms with Gasteiger partial charge in [-0.25, -0.2) is 4.98 Å². The molecule has 2 heterocycles. The number of aromatic nitrogens is 2.